The van der Waals surface area contributed by atoms with Gasteiger partial charge in [-0.25, -0.2) is 9.59 Å². The standard InChI is InChI=1S/2C7H8O4.Mg/c2*1-2-5-11-7(10)4-3-6(8)9;/h2*2-4H,1,5H2,(H,8,9);/q;;+2/p-2/b2*4-3+;. The molecule has 120 valence electrons. The predicted molar refractivity (Wildman–Crippen MR) is 76.4 cm³/mol. The van der Waals surface area contributed by atoms with E-state index >= 15 is 0 Å². The van der Waals surface area contributed by atoms with E-state index in [4.69, 9.17) is 0 Å². The average molecular weight is 335 g/mol. The van der Waals surface area contributed by atoms with Gasteiger partial charge in [-0.15, -0.1) is 0 Å². The Hall–Kier alpha value is -2.39. The van der Waals surface area contributed by atoms with Crippen molar-refractivity contribution in [1.29, 1.82) is 0 Å². The summed E-state index contributed by atoms with van der Waals surface area (Å²) in [4.78, 5) is 40.4. The minimum atomic E-state index is -1.43. The number of esters is 2. The molecule has 8 nitrogen and oxygen atoms in total. The van der Waals surface area contributed by atoms with Crippen molar-refractivity contribution in [2.75, 3.05) is 13.2 Å². The fourth-order valence-corrected chi connectivity index (χ4v) is 0.651. The zero-order valence-corrected chi connectivity index (χ0v) is 13.7. The largest absolute Gasteiger partial charge is 2.00 e. The number of carbonyl (C=O) groups is 4. The maximum absolute atomic E-state index is 10.5. The van der Waals surface area contributed by atoms with Gasteiger partial charge in [-0.3, -0.25) is 0 Å². The van der Waals surface area contributed by atoms with Crippen LogP contribution >= 0.6 is 0 Å². The molecule has 0 aromatic rings. The number of carbonyl (C=O) groups excluding carboxylic acids is 4. The van der Waals surface area contributed by atoms with Gasteiger partial charge in [-0.05, 0) is 12.2 Å². The van der Waals surface area contributed by atoms with Crippen LogP contribution < -0.4 is 10.2 Å². The molecular weight excluding hydrogens is 320 g/mol. The summed E-state index contributed by atoms with van der Waals surface area (Å²) in [7, 11) is 0. The van der Waals surface area contributed by atoms with Gasteiger partial charge in [0.15, 0.2) is 0 Å². The van der Waals surface area contributed by atoms with E-state index in [0.29, 0.717) is 12.2 Å². The molecule has 0 unspecified atom stereocenters. The van der Waals surface area contributed by atoms with Crippen molar-refractivity contribution in [3.05, 3.63) is 49.6 Å². The van der Waals surface area contributed by atoms with Crippen LogP contribution in [-0.4, -0.2) is 60.1 Å². The summed E-state index contributed by atoms with van der Waals surface area (Å²) in [5, 5.41) is 19.5. The van der Waals surface area contributed by atoms with E-state index in [9.17, 15) is 29.4 Å². The van der Waals surface area contributed by atoms with E-state index in [0.717, 1.165) is 12.2 Å². The maximum atomic E-state index is 10.5. The van der Waals surface area contributed by atoms with Crippen molar-refractivity contribution in [2.45, 2.75) is 0 Å². The van der Waals surface area contributed by atoms with Crippen LogP contribution in [0.4, 0.5) is 0 Å². The topological polar surface area (TPSA) is 133 Å². The Kier molecular flexibility index (Phi) is 19.6. The smallest absolute Gasteiger partial charge is 0.545 e. The quantitative estimate of drug-likeness (QED) is 0.209. The second-order valence-electron chi connectivity index (χ2n) is 3.14. The molecular formula is C14H14MgO8. The predicted octanol–water partition coefficient (Wildman–Crippen LogP) is -2.34. The zero-order valence-electron chi connectivity index (χ0n) is 12.3. The molecule has 0 saturated carbocycles. The van der Waals surface area contributed by atoms with Gasteiger partial charge in [0.05, 0.1) is 11.9 Å². The Labute approximate surface area is 148 Å². The fraction of sp³-hybridized carbons (Fsp3) is 0.143. The Bertz CT molecular complexity index is 435. The van der Waals surface area contributed by atoms with Crippen LogP contribution in [0.25, 0.3) is 0 Å². The summed E-state index contributed by atoms with van der Waals surface area (Å²) < 4.78 is 8.81. The van der Waals surface area contributed by atoms with Crippen LogP contribution in [0.15, 0.2) is 49.6 Å². The number of hydrogen-bond donors (Lipinski definition) is 0. The van der Waals surface area contributed by atoms with Gasteiger partial charge >= 0.3 is 35.0 Å². The Balaban J connectivity index is -0.000000333. The second-order valence-corrected chi connectivity index (χ2v) is 3.14. The monoisotopic (exact) mass is 334 g/mol. The molecule has 0 aromatic carbocycles. The number of hydrogen-bond acceptors (Lipinski definition) is 8. The normalized spacial score (nSPS) is 9.04. The second kappa shape index (κ2) is 17.7. The van der Waals surface area contributed by atoms with Gasteiger partial charge in [-0.1, -0.05) is 25.3 Å². The molecule has 0 aliphatic heterocycles. The first kappa shape index (κ1) is 25.6. The molecule has 0 bridgehead atoms. The Morgan fingerprint density at radius 3 is 1.26 bits per heavy atom. The van der Waals surface area contributed by atoms with E-state index in [1.54, 1.807) is 0 Å². The van der Waals surface area contributed by atoms with Gasteiger partial charge in [0.1, 0.15) is 13.2 Å². The summed E-state index contributed by atoms with van der Waals surface area (Å²) in [6.45, 7) is 6.73. The number of ether oxygens (including phenoxy) is 2. The fourth-order valence-electron chi connectivity index (χ4n) is 0.651. The van der Waals surface area contributed by atoms with Crippen LogP contribution in [0, 0.1) is 0 Å². The van der Waals surface area contributed by atoms with E-state index in [2.05, 4.69) is 22.6 Å². The molecule has 0 aliphatic rings. The van der Waals surface area contributed by atoms with Crippen LogP contribution in [-0.2, 0) is 28.7 Å². The minimum Gasteiger partial charge on any atom is -0.545 e. The van der Waals surface area contributed by atoms with Gasteiger partial charge in [0, 0.05) is 12.2 Å². The third-order valence-corrected chi connectivity index (χ3v) is 1.40. The Morgan fingerprint density at radius 2 is 1.04 bits per heavy atom. The van der Waals surface area contributed by atoms with Crippen molar-refractivity contribution < 1.29 is 38.9 Å². The zero-order chi connectivity index (χ0) is 17.4. The van der Waals surface area contributed by atoms with Gasteiger partial charge < -0.3 is 29.3 Å². The number of aliphatic carboxylic acids is 2. The maximum Gasteiger partial charge on any atom is 2.00 e. The van der Waals surface area contributed by atoms with Crippen LogP contribution in [0.1, 0.15) is 0 Å². The van der Waals surface area contributed by atoms with E-state index in [-0.39, 0.29) is 36.3 Å². The Morgan fingerprint density at radius 1 is 0.739 bits per heavy atom. The molecule has 0 saturated heterocycles. The van der Waals surface area contributed by atoms with Gasteiger partial charge in [-0.2, -0.15) is 0 Å². The summed E-state index contributed by atoms with van der Waals surface area (Å²) in [6.07, 6.45) is 5.52. The summed E-state index contributed by atoms with van der Waals surface area (Å²) in [5.41, 5.74) is 0. The summed E-state index contributed by atoms with van der Waals surface area (Å²) in [5.74, 6) is -4.32. The molecule has 0 N–H and O–H groups in total. The molecule has 9 heteroatoms. The number of rotatable bonds is 8. The average Bonchev–Trinajstić information content (AvgIpc) is 2.47. The van der Waals surface area contributed by atoms with Crippen molar-refractivity contribution in [2.24, 2.45) is 0 Å². The van der Waals surface area contributed by atoms with E-state index < -0.39 is 23.9 Å². The van der Waals surface area contributed by atoms with Crippen LogP contribution in [0.2, 0.25) is 0 Å². The van der Waals surface area contributed by atoms with E-state index in [1.807, 2.05) is 0 Å². The van der Waals surface area contributed by atoms with Crippen molar-refractivity contribution in [3.8, 4) is 0 Å². The van der Waals surface area contributed by atoms with Crippen LogP contribution in [0.5, 0.6) is 0 Å². The van der Waals surface area contributed by atoms with Crippen molar-refractivity contribution in [1.82, 2.24) is 0 Å². The SMILES string of the molecule is C=CCOC(=O)/C=C/C(=O)[O-].C=CCOC(=O)/C=C/C(=O)[O-].[Mg+2]. The molecule has 23 heavy (non-hydrogen) atoms. The molecule has 0 aliphatic carbocycles. The van der Waals surface area contributed by atoms with Crippen molar-refractivity contribution in [3.63, 3.8) is 0 Å². The van der Waals surface area contributed by atoms with E-state index in [1.165, 1.54) is 12.2 Å². The molecule has 0 amide bonds. The van der Waals surface area contributed by atoms with Crippen LogP contribution in [0.3, 0.4) is 0 Å². The first-order chi connectivity index (χ1) is 10.3. The molecule has 0 rings (SSSR count). The summed E-state index contributed by atoms with van der Waals surface area (Å²) in [6, 6.07) is 0. The third kappa shape index (κ3) is 25.0. The molecule has 0 radical (unpaired) electrons. The van der Waals surface area contributed by atoms with Crippen molar-refractivity contribution >= 4 is 46.9 Å². The molecule has 0 spiro atoms. The number of carboxylic acid groups (broad SMARTS) is 2. The third-order valence-electron chi connectivity index (χ3n) is 1.40. The minimum absolute atomic E-state index is 0. The molecule has 0 atom stereocenters. The summed E-state index contributed by atoms with van der Waals surface area (Å²) >= 11 is 0. The molecule has 0 heterocycles. The van der Waals surface area contributed by atoms with Gasteiger partial charge in [0.25, 0.3) is 0 Å². The first-order valence-electron chi connectivity index (χ1n) is 5.66. The molecule has 0 fully saturated rings. The molecule has 0 aromatic heterocycles. The number of carboxylic acids is 2. The first-order valence-corrected chi connectivity index (χ1v) is 5.66. The van der Waals surface area contributed by atoms with Gasteiger partial charge in [0.2, 0.25) is 0 Å².